The molecule has 50 heavy (non-hydrogen) atoms. The Hall–Kier alpha value is -6.64. The van der Waals surface area contributed by atoms with Crippen molar-refractivity contribution in [3.63, 3.8) is 0 Å². The summed E-state index contributed by atoms with van der Waals surface area (Å²) in [6, 6.07) is 67.4. The van der Waals surface area contributed by atoms with Crippen LogP contribution in [0.4, 0.5) is 17.1 Å². The van der Waals surface area contributed by atoms with E-state index in [4.69, 9.17) is 4.42 Å². The summed E-state index contributed by atoms with van der Waals surface area (Å²) in [6.07, 6.45) is 0. The second kappa shape index (κ2) is 11.5. The van der Waals surface area contributed by atoms with Gasteiger partial charge in [-0.25, -0.2) is 0 Å². The number of hydrogen-bond acceptors (Lipinski definition) is 2. The van der Waals surface area contributed by atoms with Gasteiger partial charge >= 0.3 is 0 Å². The minimum absolute atomic E-state index is 0.865. The van der Waals surface area contributed by atoms with Gasteiger partial charge in [-0.05, 0) is 80.2 Å². The molecule has 0 N–H and O–H groups in total. The van der Waals surface area contributed by atoms with E-state index < -0.39 is 0 Å². The summed E-state index contributed by atoms with van der Waals surface area (Å²) in [6.45, 7) is 0. The zero-order valence-corrected chi connectivity index (χ0v) is 27.3. The molecule has 2 nitrogen and oxygen atoms in total. The third-order valence-corrected chi connectivity index (χ3v) is 10.0. The van der Waals surface area contributed by atoms with Crippen molar-refractivity contribution in [3.05, 3.63) is 188 Å². The van der Waals surface area contributed by atoms with Gasteiger partial charge in [0, 0.05) is 39.0 Å². The van der Waals surface area contributed by atoms with Gasteiger partial charge in [0.05, 0.1) is 5.69 Å². The Bertz CT molecular complexity index is 2860. The fourth-order valence-corrected chi connectivity index (χ4v) is 7.67. The lowest BCUT2D eigenvalue weighted by atomic mass is 9.92. The first-order valence-corrected chi connectivity index (χ1v) is 17.1. The molecular weight excluding hydrogens is 607 g/mol. The van der Waals surface area contributed by atoms with Crippen molar-refractivity contribution < 1.29 is 4.42 Å². The molecule has 0 aliphatic rings. The van der Waals surface area contributed by atoms with Crippen LogP contribution in [0.2, 0.25) is 0 Å². The van der Waals surface area contributed by atoms with E-state index in [9.17, 15) is 0 Å². The van der Waals surface area contributed by atoms with E-state index in [0.717, 1.165) is 44.4 Å². The minimum atomic E-state index is 0.865. The van der Waals surface area contributed by atoms with Crippen LogP contribution in [0.25, 0.3) is 76.5 Å². The van der Waals surface area contributed by atoms with E-state index in [1.807, 2.05) is 0 Å². The average molecular weight is 638 g/mol. The number of nitrogens with zero attached hydrogens (tertiary/aromatic N) is 1. The lowest BCUT2D eigenvalue weighted by Crippen LogP contribution is -2.10. The zero-order chi connectivity index (χ0) is 33.0. The normalized spacial score (nSPS) is 11.6. The van der Waals surface area contributed by atoms with E-state index >= 15 is 0 Å². The predicted octanol–water partition coefficient (Wildman–Crippen LogP) is 13.8. The summed E-state index contributed by atoms with van der Waals surface area (Å²) < 4.78 is 6.84. The van der Waals surface area contributed by atoms with Gasteiger partial charge in [-0.3, -0.25) is 0 Å². The first-order chi connectivity index (χ1) is 24.8. The summed E-state index contributed by atoms with van der Waals surface area (Å²) in [5, 5.41) is 9.41. The highest BCUT2D eigenvalue weighted by molar-refractivity contribution is 6.21. The smallest absolute Gasteiger partial charge is 0.143 e. The van der Waals surface area contributed by atoms with Gasteiger partial charge in [0.15, 0.2) is 0 Å². The molecule has 0 spiro atoms. The number of anilines is 3. The molecular formula is C48H31NO. The maximum atomic E-state index is 6.84. The van der Waals surface area contributed by atoms with Crippen LogP contribution in [-0.2, 0) is 0 Å². The van der Waals surface area contributed by atoms with Gasteiger partial charge in [-0.15, -0.1) is 0 Å². The molecule has 0 bridgehead atoms. The van der Waals surface area contributed by atoms with Crippen LogP contribution in [0.3, 0.4) is 0 Å². The quantitative estimate of drug-likeness (QED) is 0.187. The van der Waals surface area contributed by atoms with Crippen molar-refractivity contribution in [3.8, 4) is 22.3 Å². The molecule has 10 rings (SSSR count). The van der Waals surface area contributed by atoms with Crippen molar-refractivity contribution in [2.45, 2.75) is 0 Å². The van der Waals surface area contributed by atoms with Gasteiger partial charge in [0.2, 0.25) is 0 Å². The summed E-state index contributed by atoms with van der Waals surface area (Å²) >= 11 is 0. The van der Waals surface area contributed by atoms with Crippen LogP contribution in [0.15, 0.2) is 192 Å². The second-order valence-corrected chi connectivity index (χ2v) is 12.9. The minimum Gasteiger partial charge on any atom is -0.455 e. The Morgan fingerprint density at radius 3 is 1.74 bits per heavy atom. The molecule has 0 aliphatic carbocycles. The summed E-state index contributed by atoms with van der Waals surface area (Å²) in [7, 11) is 0. The Morgan fingerprint density at radius 2 is 0.940 bits per heavy atom. The molecule has 0 unspecified atom stereocenters. The van der Waals surface area contributed by atoms with E-state index in [1.54, 1.807) is 0 Å². The van der Waals surface area contributed by atoms with Gasteiger partial charge in [-0.1, -0.05) is 146 Å². The highest BCUT2D eigenvalue weighted by atomic mass is 16.3. The lowest BCUT2D eigenvalue weighted by molar-refractivity contribution is 0.673. The maximum absolute atomic E-state index is 6.84. The van der Waals surface area contributed by atoms with Crippen LogP contribution in [0, 0.1) is 0 Å². The predicted molar refractivity (Wildman–Crippen MR) is 212 cm³/mol. The Balaban J connectivity index is 1.19. The molecule has 0 amide bonds. The van der Waals surface area contributed by atoms with E-state index in [-0.39, 0.29) is 0 Å². The average Bonchev–Trinajstić information content (AvgIpc) is 3.56. The van der Waals surface area contributed by atoms with E-state index in [2.05, 4.69) is 193 Å². The summed E-state index contributed by atoms with van der Waals surface area (Å²) in [4.78, 5) is 2.35. The molecule has 0 saturated heterocycles. The SMILES string of the molecule is c1ccc(-c2ccc(N(c3ccc4c(c3)oc3c5ccccc5c(-c5cccc6ccccc56)cc43)c3cccc4ccccc34)cc2)cc1. The third kappa shape index (κ3) is 4.57. The fraction of sp³-hybridized carbons (Fsp3) is 0. The molecule has 0 fully saturated rings. The van der Waals surface area contributed by atoms with Crippen molar-refractivity contribution >= 4 is 71.3 Å². The molecule has 1 aromatic heterocycles. The topological polar surface area (TPSA) is 16.4 Å². The van der Waals surface area contributed by atoms with Gasteiger partial charge in [0.25, 0.3) is 0 Å². The van der Waals surface area contributed by atoms with Crippen molar-refractivity contribution in [2.75, 3.05) is 4.90 Å². The number of fused-ring (bicyclic) bond motifs is 7. The number of benzene rings is 9. The standard InChI is InChI=1S/C48H31NO/c1-2-12-32(13-3-1)33-24-26-36(27-25-33)49(46-23-11-17-35-15-5-7-19-39(35)46)37-28-29-42-45-31-44(40-22-10-16-34-14-4-6-18-38(34)40)41-20-8-9-21-43(41)48(45)50-47(42)30-37/h1-31H. The molecule has 1 heterocycles. The highest BCUT2D eigenvalue weighted by Crippen LogP contribution is 2.45. The van der Waals surface area contributed by atoms with Gasteiger partial charge in [0.1, 0.15) is 11.2 Å². The van der Waals surface area contributed by atoms with Crippen LogP contribution in [0.1, 0.15) is 0 Å². The van der Waals surface area contributed by atoms with Crippen LogP contribution >= 0.6 is 0 Å². The molecule has 9 aromatic carbocycles. The maximum Gasteiger partial charge on any atom is 0.143 e. The number of hydrogen-bond donors (Lipinski definition) is 0. The molecule has 10 aromatic rings. The lowest BCUT2D eigenvalue weighted by Gasteiger charge is -2.27. The zero-order valence-electron chi connectivity index (χ0n) is 27.3. The van der Waals surface area contributed by atoms with Gasteiger partial charge in [-0.2, -0.15) is 0 Å². The van der Waals surface area contributed by atoms with Crippen molar-refractivity contribution in [1.29, 1.82) is 0 Å². The largest absolute Gasteiger partial charge is 0.455 e. The summed E-state index contributed by atoms with van der Waals surface area (Å²) in [5.41, 5.74) is 9.86. The molecule has 0 aliphatic heterocycles. The molecule has 2 heteroatoms. The molecule has 0 atom stereocenters. The van der Waals surface area contributed by atoms with E-state index in [0.29, 0.717) is 0 Å². The Labute approximate surface area is 290 Å². The highest BCUT2D eigenvalue weighted by Gasteiger charge is 2.20. The fourth-order valence-electron chi connectivity index (χ4n) is 7.67. The number of rotatable bonds is 5. The van der Waals surface area contributed by atoms with Crippen LogP contribution < -0.4 is 4.90 Å². The van der Waals surface area contributed by atoms with Crippen LogP contribution in [-0.4, -0.2) is 0 Å². The first kappa shape index (κ1) is 28.4. The summed E-state index contributed by atoms with van der Waals surface area (Å²) in [5.74, 6) is 0. The molecule has 0 saturated carbocycles. The van der Waals surface area contributed by atoms with Crippen molar-refractivity contribution in [2.24, 2.45) is 0 Å². The molecule has 0 radical (unpaired) electrons. The second-order valence-electron chi connectivity index (χ2n) is 12.9. The Morgan fingerprint density at radius 1 is 0.340 bits per heavy atom. The van der Waals surface area contributed by atoms with Crippen molar-refractivity contribution in [1.82, 2.24) is 0 Å². The third-order valence-electron chi connectivity index (χ3n) is 10.0. The van der Waals surface area contributed by atoms with E-state index in [1.165, 1.54) is 49.2 Å². The first-order valence-electron chi connectivity index (χ1n) is 17.1. The Kier molecular flexibility index (Phi) is 6.53. The van der Waals surface area contributed by atoms with Gasteiger partial charge < -0.3 is 9.32 Å². The van der Waals surface area contributed by atoms with Crippen LogP contribution in [0.5, 0.6) is 0 Å². The monoisotopic (exact) mass is 637 g/mol. The molecule has 234 valence electrons. The number of furan rings is 1.